The summed E-state index contributed by atoms with van der Waals surface area (Å²) in [5.41, 5.74) is 4.97. The molecule has 1 heterocycles. The fourth-order valence-corrected chi connectivity index (χ4v) is 2.35. The molecule has 1 aromatic heterocycles. The zero-order valence-corrected chi connectivity index (χ0v) is 10.5. The highest BCUT2D eigenvalue weighted by molar-refractivity contribution is 6.30. The molecule has 1 aliphatic carbocycles. The molecule has 0 amide bonds. The predicted octanol–water partition coefficient (Wildman–Crippen LogP) is 2.35. The molecular weight excluding hydrogens is 226 g/mol. The number of hydrogen-bond acceptors (Lipinski definition) is 3. The molecule has 16 heavy (non-hydrogen) atoms. The van der Waals surface area contributed by atoms with E-state index in [4.69, 9.17) is 16.4 Å². The van der Waals surface area contributed by atoms with Crippen molar-refractivity contribution in [1.29, 1.82) is 0 Å². The lowest BCUT2D eigenvalue weighted by atomic mass is 10.3. The molecule has 1 N–H and O–H groups in total. The summed E-state index contributed by atoms with van der Waals surface area (Å²) in [5, 5.41) is 4.93. The van der Waals surface area contributed by atoms with E-state index in [1.54, 1.807) is 4.68 Å². The van der Waals surface area contributed by atoms with Gasteiger partial charge in [-0.1, -0.05) is 24.4 Å². The maximum atomic E-state index is 6.11. The Morgan fingerprint density at radius 3 is 2.75 bits per heavy atom. The normalized spacial score (nSPS) is 17.2. The lowest BCUT2D eigenvalue weighted by Crippen LogP contribution is -2.21. The molecule has 90 valence electrons. The van der Waals surface area contributed by atoms with E-state index in [-0.39, 0.29) is 0 Å². The van der Waals surface area contributed by atoms with Crippen molar-refractivity contribution < 1.29 is 4.84 Å². The van der Waals surface area contributed by atoms with Gasteiger partial charge in [-0.2, -0.15) is 10.6 Å². The summed E-state index contributed by atoms with van der Waals surface area (Å²) in [6, 6.07) is 0. The summed E-state index contributed by atoms with van der Waals surface area (Å²) < 4.78 is 1.68. The van der Waals surface area contributed by atoms with Crippen molar-refractivity contribution >= 4 is 11.6 Å². The maximum Gasteiger partial charge on any atom is 0.131 e. The highest BCUT2D eigenvalue weighted by Crippen LogP contribution is 2.21. The number of aryl methyl sites for hydroxylation is 2. The first kappa shape index (κ1) is 11.9. The molecule has 0 bridgehead atoms. The van der Waals surface area contributed by atoms with Crippen molar-refractivity contribution in [3.63, 3.8) is 0 Å². The van der Waals surface area contributed by atoms with Crippen LogP contribution in [0.2, 0.25) is 5.15 Å². The van der Waals surface area contributed by atoms with Gasteiger partial charge in [0.1, 0.15) is 5.15 Å². The molecule has 4 nitrogen and oxygen atoms in total. The van der Waals surface area contributed by atoms with Crippen molar-refractivity contribution in [3.8, 4) is 0 Å². The maximum absolute atomic E-state index is 6.11. The third-order valence-electron chi connectivity index (χ3n) is 3.07. The monoisotopic (exact) mass is 243 g/mol. The van der Waals surface area contributed by atoms with E-state index < -0.39 is 0 Å². The van der Waals surface area contributed by atoms with Gasteiger partial charge >= 0.3 is 0 Å². The number of nitrogens with one attached hydrogen (secondary N) is 1. The van der Waals surface area contributed by atoms with Gasteiger partial charge in [0.05, 0.1) is 18.3 Å². The minimum Gasteiger partial charge on any atom is -0.298 e. The first-order valence-corrected chi connectivity index (χ1v) is 6.12. The summed E-state index contributed by atoms with van der Waals surface area (Å²) in [6.07, 6.45) is 5.24. The molecule has 1 aliphatic rings. The van der Waals surface area contributed by atoms with E-state index in [1.165, 1.54) is 12.8 Å². The lowest BCUT2D eigenvalue weighted by molar-refractivity contribution is -0.0244. The Balaban J connectivity index is 1.84. The molecule has 1 saturated carbocycles. The standard InChI is InChI=1S/C11H18ClN3O/c1-8-10(11(12)15(2)14-8)7-13-16-9-5-3-4-6-9/h9,13H,3-7H2,1-2H3. The minimum atomic E-state index is 0.371. The van der Waals surface area contributed by atoms with Gasteiger partial charge in [0, 0.05) is 12.6 Å². The second kappa shape index (κ2) is 5.17. The second-order valence-corrected chi connectivity index (χ2v) is 4.68. The Labute approximate surface area is 101 Å². The molecule has 0 aliphatic heterocycles. The number of aromatic nitrogens is 2. The number of halogens is 1. The van der Waals surface area contributed by atoms with Crippen molar-refractivity contribution in [2.45, 2.75) is 45.3 Å². The fraction of sp³-hybridized carbons (Fsp3) is 0.727. The fourth-order valence-electron chi connectivity index (χ4n) is 2.11. The number of hydroxylamine groups is 1. The van der Waals surface area contributed by atoms with Crippen LogP contribution in [0, 0.1) is 6.92 Å². The zero-order chi connectivity index (χ0) is 11.5. The summed E-state index contributed by atoms with van der Waals surface area (Å²) in [7, 11) is 1.84. The van der Waals surface area contributed by atoms with Gasteiger partial charge in [-0.05, 0) is 19.8 Å². The summed E-state index contributed by atoms with van der Waals surface area (Å²) >= 11 is 6.11. The predicted molar refractivity (Wildman–Crippen MR) is 63.1 cm³/mol. The van der Waals surface area contributed by atoms with Gasteiger partial charge in [0.25, 0.3) is 0 Å². The molecule has 0 saturated heterocycles. The van der Waals surface area contributed by atoms with Crippen molar-refractivity contribution in [2.75, 3.05) is 0 Å². The molecule has 1 aromatic rings. The van der Waals surface area contributed by atoms with Crippen LogP contribution in [-0.2, 0) is 18.4 Å². The van der Waals surface area contributed by atoms with E-state index in [2.05, 4.69) is 10.6 Å². The zero-order valence-electron chi connectivity index (χ0n) is 9.79. The van der Waals surface area contributed by atoms with Crippen LogP contribution in [0.1, 0.15) is 36.9 Å². The molecule has 0 radical (unpaired) electrons. The quantitative estimate of drug-likeness (QED) is 0.826. The molecule has 0 unspecified atom stereocenters. The van der Waals surface area contributed by atoms with Crippen LogP contribution in [0.25, 0.3) is 0 Å². The minimum absolute atomic E-state index is 0.371. The topological polar surface area (TPSA) is 39.1 Å². The van der Waals surface area contributed by atoms with Gasteiger partial charge in [-0.25, -0.2) is 0 Å². The van der Waals surface area contributed by atoms with Crippen LogP contribution >= 0.6 is 11.6 Å². The SMILES string of the molecule is Cc1nn(C)c(Cl)c1CNOC1CCCC1. The van der Waals surface area contributed by atoms with Gasteiger partial charge in [-0.15, -0.1) is 0 Å². The van der Waals surface area contributed by atoms with Gasteiger partial charge in [0.2, 0.25) is 0 Å². The number of hydrogen-bond donors (Lipinski definition) is 1. The Morgan fingerprint density at radius 2 is 2.19 bits per heavy atom. The molecule has 5 heteroatoms. The van der Waals surface area contributed by atoms with Crippen LogP contribution in [0.3, 0.4) is 0 Å². The average Bonchev–Trinajstić information content (AvgIpc) is 2.82. The summed E-state index contributed by atoms with van der Waals surface area (Å²) in [5.74, 6) is 0. The lowest BCUT2D eigenvalue weighted by Gasteiger charge is -2.11. The first-order valence-electron chi connectivity index (χ1n) is 5.75. The van der Waals surface area contributed by atoms with E-state index in [0.717, 1.165) is 24.1 Å². The van der Waals surface area contributed by atoms with E-state index in [9.17, 15) is 0 Å². The molecule has 0 aromatic carbocycles. The Morgan fingerprint density at radius 1 is 1.50 bits per heavy atom. The highest BCUT2D eigenvalue weighted by atomic mass is 35.5. The summed E-state index contributed by atoms with van der Waals surface area (Å²) in [4.78, 5) is 5.58. The van der Waals surface area contributed by atoms with Crippen LogP contribution in [0.4, 0.5) is 0 Å². The largest absolute Gasteiger partial charge is 0.298 e. The smallest absolute Gasteiger partial charge is 0.131 e. The Hall–Kier alpha value is -0.580. The second-order valence-electron chi connectivity index (χ2n) is 4.32. The van der Waals surface area contributed by atoms with Crippen LogP contribution in [-0.4, -0.2) is 15.9 Å². The van der Waals surface area contributed by atoms with Gasteiger partial charge in [0.15, 0.2) is 0 Å². The Kier molecular flexibility index (Phi) is 3.84. The van der Waals surface area contributed by atoms with Gasteiger partial charge < -0.3 is 0 Å². The molecular formula is C11H18ClN3O. The molecule has 2 rings (SSSR count). The van der Waals surface area contributed by atoms with E-state index in [1.807, 2.05) is 14.0 Å². The average molecular weight is 244 g/mol. The van der Waals surface area contributed by atoms with Crippen molar-refractivity contribution in [3.05, 3.63) is 16.4 Å². The molecule has 0 spiro atoms. The van der Waals surface area contributed by atoms with E-state index >= 15 is 0 Å². The third kappa shape index (κ3) is 2.56. The summed E-state index contributed by atoms with van der Waals surface area (Å²) in [6.45, 7) is 2.58. The van der Waals surface area contributed by atoms with Crippen molar-refractivity contribution in [2.24, 2.45) is 7.05 Å². The van der Waals surface area contributed by atoms with Crippen LogP contribution < -0.4 is 5.48 Å². The van der Waals surface area contributed by atoms with E-state index in [0.29, 0.717) is 17.8 Å². The Bertz CT molecular complexity index is 358. The first-order chi connectivity index (χ1) is 7.68. The molecule has 0 atom stereocenters. The number of nitrogens with zero attached hydrogens (tertiary/aromatic N) is 2. The third-order valence-corrected chi connectivity index (χ3v) is 3.54. The van der Waals surface area contributed by atoms with Crippen LogP contribution in [0.5, 0.6) is 0 Å². The number of rotatable bonds is 4. The van der Waals surface area contributed by atoms with Crippen molar-refractivity contribution in [1.82, 2.24) is 15.3 Å². The highest BCUT2D eigenvalue weighted by Gasteiger charge is 2.16. The van der Waals surface area contributed by atoms with Gasteiger partial charge in [-0.3, -0.25) is 9.52 Å². The molecule has 1 fully saturated rings. The van der Waals surface area contributed by atoms with Crippen LogP contribution in [0.15, 0.2) is 0 Å².